The second-order valence-electron chi connectivity index (χ2n) is 8.15. The second kappa shape index (κ2) is 23.9. The molecule has 0 amide bonds. The van der Waals surface area contributed by atoms with Crippen molar-refractivity contribution < 1.29 is 37.0 Å². The van der Waals surface area contributed by atoms with Crippen LogP contribution in [-0.2, 0) is 37.0 Å². The summed E-state index contributed by atoms with van der Waals surface area (Å²) in [4.78, 5) is 11.7. The van der Waals surface area contributed by atoms with E-state index in [2.05, 4.69) is 27.4 Å². The zero-order valence-corrected chi connectivity index (χ0v) is 23.2. The molecular weight excluding hydrogens is 456 g/mol. The van der Waals surface area contributed by atoms with Crippen molar-refractivity contribution in [3.8, 4) is 0 Å². The van der Waals surface area contributed by atoms with Gasteiger partial charge in [0.1, 0.15) is 0 Å². The molecule has 202 valence electrons. The zero-order valence-electron chi connectivity index (χ0n) is 22.2. The van der Waals surface area contributed by atoms with Crippen LogP contribution in [-0.4, -0.2) is 80.8 Å². The van der Waals surface area contributed by atoms with Crippen LogP contribution in [0.1, 0.15) is 72.6 Å². The van der Waals surface area contributed by atoms with Gasteiger partial charge in [-0.2, -0.15) is 0 Å². The lowest BCUT2D eigenvalue weighted by Crippen LogP contribution is -2.48. The molecule has 0 aliphatic heterocycles. The van der Waals surface area contributed by atoms with E-state index in [1.165, 1.54) is 0 Å². The summed E-state index contributed by atoms with van der Waals surface area (Å²) in [6, 6.07) is 0.523. The van der Waals surface area contributed by atoms with E-state index < -0.39 is 14.8 Å². The third kappa shape index (κ3) is 19.5. The number of unbranched alkanes of at least 4 members (excludes halogenated alkanes) is 3. The maximum atomic E-state index is 11.7. The minimum absolute atomic E-state index is 0.253. The van der Waals surface area contributed by atoms with E-state index in [9.17, 15) is 4.79 Å². The zero-order chi connectivity index (χ0) is 25.3. The highest BCUT2D eigenvalue weighted by Gasteiger charge is 2.41. The van der Waals surface area contributed by atoms with E-state index in [-0.39, 0.29) is 6.61 Å². The van der Waals surface area contributed by atoms with Crippen LogP contribution in [0.4, 0.5) is 0 Å². The fourth-order valence-electron chi connectivity index (χ4n) is 2.73. The van der Waals surface area contributed by atoms with E-state index in [4.69, 9.17) is 32.2 Å². The molecule has 34 heavy (non-hydrogen) atoms. The molecule has 0 aromatic carbocycles. The van der Waals surface area contributed by atoms with Crippen molar-refractivity contribution in [2.75, 3.05) is 66.1 Å². The summed E-state index contributed by atoms with van der Waals surface area (Å²) in [5.74, 6) is -0.395. The first-order valence-corrected chi connectivity index (χ1v) is 14.9. The number of hydrogen-bond acceptors (Lipinski definition) is 8. The Bertz CT molecular complexity index is 449. The van der Waals surface area contributed by atoms with Crippen LogP contribution < -0.4 is 0 Å². The lowest BCUT2D eigenvalue weighted by molar-refractivity contribution is -0.139. The first-order chi connectivity index (χ1) is 16.5. The quantitative estimate of drug-likeness (QED) is 0.0707. The highest BCUT2D eigenvalue weighted by atomic mass is 28.4. The molecule has 9 heteroatoms. The Morgan fingerprint density at radius 1 is 0.618 bits per heavy atom. The van der Waals surface area contributed by atoms with Gasteiger partial charge >= 0.3 is 14.8 Å². The summed E-state index contributed by atoms with van der Waals surface area (Å²) in [7, 11) is -3.05. The molecule has 0 saturated carbocycles. The first-order valence-electron chi connectivity index (χ1n) is 13.0. The molecular formula is C25H50O8Si. The van der Waals surface area contributed by atoms with Crippen molar-refractivity contribution >= 4 is 14.8 Å². The van der Waals surface area contributed by atoms with Gasteiger partial charge in [-0.25, -0.2) is 4.79 Å². The minimum atomic E-state index is -3.05. The van der Waals surface area contributed by atoms with Gasteiger partial charge in [-0.1, -0.05) is 46.6 Å². The third-order valence-corrected chi connectivity index (χ3v) is 7.68. The molecule has 0 fully saturated rings. The SMILES string of the molecule is C=C(C)C(=O)OCCC[Si](OCCOCCCC)(OCCOCCCC)OCCOCCCC. The maximum absolute atomic E-state index is 11.7. The standard InChI is InChI=1S/C25H50O8Si/c1-6-9-13-27-17-20-31-34(32-21-18-28-14-10-7-2,33-22-19-29-15-11-8-3)23-12-16-30-25(26)24(4)5/h4,6-23H2,1-3,5H3. The number of carbonyl (C=O) groups excluding carboxylic acids is 1. The topological polar surface area (TPSA) is 81.7 Å². The number of carbonyl (C=O) groups is 1. The van der Waals surface area contributed by atoms with Crippen LogP contribution >= 0.6 is 0 Å². The lowest BCUT2D eigenvalue weighted by Gasteiger charge is -2.30. The van der Waals surface area contributed by atoms with Gasteiger partial charge in [0.2, 0.25) is 0 Å². The van der Waals surface area contributed by atoms with E-state index in [0.717, 1.165) is 38.5 Å². The van der Waals surface area contributed by atoms with Crippen molar-refractivity contribution in [2.45, 2.75) is 78.7 Å². The average molecular weight is 507 g/mol. The molecule has 0 aliphatic rings. The van der Waals surface area contributed by atoms with Crippen LogP contribution in [0.3, 0.4) is 0 Å². The van der Waals surface area contributed by atoms with Crippen LogP contribution in [0.15, 0.2) is 12.2 Å². The Balaban J connectivity index is 4.90. The van der Waals surface area contributed by atoms with E-state index in [1.54, 1.807) is 6.92 Å². The predicted octanol–water partition coefficient (Wildman–Crippen LogP) is 4.93. The van der Waals surface area contributed by atoms with E-state index in [0.29, 0.717) is 77.5 Å². The van der Waals surface area contributed by atoms with Crippen molar-refractivity contribution in [3.63, 3.8) is 0 Å². The first kappa shape index (κ1) is 33.2. The van der Waals surface area contributed by atoms with E-state index >= 15 is 0 Å². The van der Waals surface area contributed by atoms with Crippen LogP contribution in [0.25, 0.3) is 0 Å². The highest BCUT2D eigenvalue weighted by Crippen LogP contribution is 2.19. The molecule has 0 aliphatic carbocycles. The third-order valence-electron chi connectivity index (χ3n) is 4.78. The summed E-state index contributed by atoms with van der Waals surface area (Å²) in [6.45, 7) is 16.6. The average Bonchev–Trinajstić information content (AvgIpc) is 2.83. The lowest BCUT2D eigenvalue weighted by atomic mass is 10.4. The Morgan fingerprint density at radius 3 is 1.38 bits per heavy atom. The van der Waals surface area contributed by atoms with Gasteiger partial charge in [0.05, 0.1) is 46.2 Å². The normalized spacial score (nSPS) is 11.6. The van der Waals surface area contributed by atoms with Crippen LogP contribution in [0.5, 0.6) is 0 Å². The largest absolute Gasteiger partial charge is 0.501 e. The summed E-state index contributed by atoms with van der Waals surface area (Å²) >= 11 is 0. The number of rotatable bonds is 26. The van der Waals surface area contributed by atoms with Gasteiger partial charge in [0, 0.05) is 31.4 Å². The minimum Gasteiger partial charge on any atom is -0.462 e. The fraction of sp³-hybridized carbons (Fsp3) is 0.880. The Kier molecular flexibility index (Phi) is 23.3. The Morgan fingerprint density at radius 2 is 1.03 bits per heavy atom. The maximum Gasteiger partial charge on any atom is 0.501 e. The van der Waals surface area contributed by atoms with Crippen molar-refractivity contribution in [1.82, 2.24) is 0 Å². The highest BCUT2D eigenvalue weighted by molar-refractivity contribution is 6.60. The molecule has 0 rings (SSSR count). The van der Waals surface area contributed by atoms with Crippen LogP contribution in [0.2, 0.25) is 6.04 Å². The van der Waals surface area contributed by atoms with Crippen molar-refractivity contribution in [3.05, 3.63) is 12.2 Å². The molecule has 0 aromatic heterocycles. The van der Waals surface area contributed by atoms with Gasteiger partial charge in [0.15, 0.2) is 0 Å². The fourth-order valence-corrected chi connectivity index (χ4v) is 5.18. The molecule has 0 N–H and O–H groups in total. The molecule has 0 aromatic rings. The molecule has 0 atom stereocenters. The number of esters is 1. The second-order valence-corrected chi connectivity index (χ2v) is 10.9. The molecule has 8 nitrogen and oxygen atoms in total. The van der Waals surface area contributed by atoms with Gasteiger partial charge < -0.3 is 32.2 Å². The van der Waals surface area contributed by atoms with Crippen molar-refractivity contribution in [2.24, 2.45) is 0 Å². The predicted molar refractivity (Wildman–Crippen MR) is 136 cm³/mol. The van der Waals surface area contributed by atoms with Crippen molar-refractivity contribution in [1.29, 1.82) is 0 Å². The molecule has 0 unspecified atom stereocenters. The van der Waals surface area contributed by atoms with Crippen LogP contribution in [0, 0.1) is 0 Å². The Hall–Kier alpha value is -0.813. The molecule has 0 radical (unpaired) electrons. The molecule has 0 saturated heterocycles. The van der Waals surface area contributed by atoms with E-state index in [1.807, 2.05) is 0 Å². The summed E-state index contributed by atoms with van der Waals surface area (Å²) in [6.07, 6.45) is 6.89. The van der Waals surface area contributed by atoms with Gasteiger partial charge in [0.25, 0.3) is 0 Å². The Labute approximate surface area is 209 Å². The van der Waals surface area contributed by atoms with Gasteiger partial charge in [-0.15, -0.1) is 0 Å². The monoisotopic (exact) mass is 506 g/mol. The summed E-state index contributed by atoms with van der Waals surface area (Å²) < 4.78 is 40.9. The van der Waals surface area contributed by atoms with Gasteiger partial charge in [-0.3, -0.25) is 0 Å². The smallest absolute Gasteiger partial charge is 0.462 e. The van der Waals surface area contributed by atoms with Gasteiger partial charge in [-0.05, 0) is 32.6 Å². The summed E-state index contributed by atoms with van der Waals surface area (Å²) in [5, 5.41) is 0. The summed E-state index contributed by atoms with van der Waals surface area (Å²) in [5.41, 5.74) is 0.380. The molecule has 0 spiro atoms. The molecule has 0 heterocycles. The number of hydrogen-bond donors (Lipinski definition) is 0. The number of ether oxygens (including phenoxy) is 4. The molecule has 0 bridgehead atoms.